The Balaban J connectivity index is -0.000000207. The van der Waals surface area contributed by atoms with Crippen LogP contribution in [0.5, 0.6) is 0 Å². The Bertz CT molecular complexity index is 392. The third-order valence-corrected chi connectivity index (χ3v) is 3.86. The zero-order chi connectivity index (χ0) is 12.3. The minimum absolute atomic E-state index is 0. The largest absolute Gasteiger partial charge is 1.00 e. The van der Waals surface area contributed by atoms with E-state index in [1.54, 1.807) is 0 Å². The maximum absolute atomic E-state index is 10.7. The van der Waals surface area contributed by atoms with Gasteiger partial charge in [0, 0.05) is 0 Å². The molecule has 0 atom stereocenters. The van der Waals surface area contributed by atoms with Crippen molar-refractivity contribution >= 4 is 20.0 Å². The first-order chi connectivity index (χ1) is 6.46. The molecular formula is C5H10F3LiO5S2. The molecule has 1 fully saturated rings. The Morgan fingerprint density at radius 2 is 1.38 bits per heavy atom. The van der Waals surface area contributed by atoms with Crippen LogP contribution in [0.25, 0.3) is 0 Å². The van der Waals surface area contributed by atoms with Crippen molar-refractivity contribution in [2.45, 2.75) is 18.3 Å². The SMILES string of the molecule is O=S(=O)(O)C(F)(F)F.O=S1(=O)CCCC1.[H-].[Li+]. The summed E-state index contributed by atoms with van der Waals surface area (Å²) in [6.07, 6.45) is 1.75. The van der Waals surface area contributed by atoms with E-state index in [0.29, 0.717) is 11.5 Å². The van der Waals surface area contributed by atoms with E-state index in [1.165, 1.54) is 0 Å². The summed E-state index contributed by atoms with van der Waals surface area (Å²) in [6.45, 7) is 0. The number of hydrogen-bond acceptors (Lipinski definition) is 4. The molecule has 0 amide bonds. The van der Waals surface area contributed by atoms with E-state index in [-0.39, 0.29) is 20.3 Å². The van der Waals surface area contributed by atoms with Crippen molar-refractivity contribution in [1.82, 2.24) is 0 Å². The first-order valence-electron chi connectivity index (χ1n) is 3.70. The maximum Gasteiger partial charge on any atom is 1.00 e. The van der Waals surface area contributed by atoms with E-state index in [4.69, 9.17) is 13.0 Å². The molecule has 1 saturated heterocycles. The third-order valence-electron chi connectivity index (χ3n) is 1.45. The molecule has 11 heteroatoms. The van der Waals surface area contributed by atoms with Gasteiger partial charge in [0.15, 0.2) is 0 Å². The molecule has 16 heavy (non-hydrogen) atoms. The van der Waals surface area contributed by atoms with Crippen LogP contribution in [-0.4, -0.2) is 38.4 Å². The summed E-state index contributed by atoms with van der Waals surface area (Å²) >= 11 is 0. The second-order valence-electron chi connectivity index (χ2n) is 2.78. The smallest absolute Gasteiger partial charge is 1.00 e. The van der Waals surface area contributed by atoms with Crippen molar-refractivity contribution in [1.29, 1.82) is 0 Å². The maximum atomic E-state index is 10.7. The number of halogens is 3. The van der Waals surface area contributed by atoms with Crippen LogP contribution < -0.4 is 18.9 Å². The number of sulfone groups is 1. The van der Waals surface area contributed by atoms with Gasteiger partial charge in [-0.2, -0.15) is 21.6 Å². The van der Waals surface area contributed by atoms with E-state index >= 15 is 0 Å². The minimum atomic E-state index is -5.84. The van der Waals surface area contributed by atoms with Crippen LogP contribution in [0.4, 0.5) is 13.2 Å². The fraction of sp³-hybridized carbons (Fsp3) is 1.00. The van der Waals surface area contributed by atoms with Gasteiger partial charge >= 0.3 is 34.5 Å². The van der Waals surface area contributed by atoms with Crippen LogP contribution in [0.3, 0.4) is 0 Å². The molecule has 1 heterocycles. The van der Waals surface area contributed by atoms with Gasteiger partial charge in [-0.3, -0.25) is 4.55 Å². The van der Waals surface area contributed by atoms with Gasteiger partial charge in [0.1, 0.15) is 9.84 Å². The Kier molecular flexibility index (Phi) is 7.27. The van der Waals surface area contributed by atoms with E-state index < -0.39 is 25.5 Å². The normalized spacial score (nSPS) is 19.2. The molecular weight excluding hydrogens is 268 g/mol. The van der Waals surface area contributed by atoms with Crippen LogP contribution in [0.2, 0.25) is 0 Å². The molecule has 0 bridgehead atoms. The molecule has 5 nitrogen and oxygen atoms in total. The van der Waals surface area contributed by atoms with Crippen molar-refractivity contribution in [2.75, 3.05) is 11.5 Å². The van der Waals surface area contributed by atoms with Gasteiger partial charge in [0.2, 0.25) is 0 Å². The van der Waals surface area contributed by atoms with E-state index in [9.17, 15) is 21.6 Å². The zero-order valence-corrected chi connectivity index (χ0v) is 9.99. The second kappa shape index (κ2) is 6.25. The first kappa shape index (κ1) is 18.6. The van der Waals surface area contributed by atoms with Crippen molar-refractivity contribution in [3.05, 3.63) is 0 Å². The third kappa shape index (κ3) is 7.51. The average molecular weight is 278 g/mol. The van der Waals surface area contributed by atoms with Gasteiger partial charge in [-0.05, 0) is 12.8 Å². The number of rotatable bonds is 0. The van der Waals surface area contributed by atoms with E-state index in [0.717, 1.165) is 12.8 Å². The van der Waals surface area contributed by atoms with Crippen molar-refractivity contribution < 1.29 is 54.8 Å². The van der Waals surface area contributed by atoms with Crippen LogP contribution in [0.15, 0.2) is 0 Å². The average Bonchev–Trinajstić information content (AvgIpc) is 2.30. The zero-order valence-electron chi connectivity index (χ0n) is 9.36. The fourth-order valence-electron chi connectivity index (χ4n) is 0.746. The molecule has 1 N–H and O–H groups in total. The molecule has 0 aromatic heterocycles. The number of hydrogen-bond donors (Lipinski definition) is 1. The summed E-state index contributed by atoms with van der Waals surface area (Å²) in [5.74, 6) is 0.847. The quantitative estimate of drug-likeness (QED) is 0.306. The molecule has 0 unspecified atom stereocenters. The van der Waals surface area contributed by atoms with Gasteiger partial charge in [-0.15, -0.1) is 0 Å². The van der Waals surface area contributed by atoms with E-state index in [1.807, 2.05) is 0 Å². The molecule has 0 spiro atoms. The van der Waals surface area contributed by atoms with Crippen molar-refractivity contribution in [3.8, 4) is 0 Å². The number of alkyl halides is 3. The summed E-state index contributed by atoms with van der Waals surface area (Å²) in [7, 11) is -8.39. The molecule has 0 saturated carbocycles. The standard InChI is InChI=1S/C4H8O2S.CHF3O3S.Li.H/c5-7(6)3-1-2-4-7;2-1(3,4)8(5,6)7;;/h1-4H2;(H,5,6,7);;/q;;+1;-1. The Hall–Kier alpha value is 0.247. The Morgan fingerprint density at radius 3 is 1.44 bits per heavy atom. The monoisotopic (exact) mass is 278 g/mol. The molecule has 0 radical (unpaired) electrons. The molecule has 1 aliphatic heterocycles. The molecule has 0 aromatic carbocycles. The summed E-state index contributed by atoms with van der Waals surface area (Å²) in [5.41, 5.74) is -5.53. The summed E-state index contributed by atoms with van der Waals surface area (Å²) in [4.78, 5) is 0. The molecule has 0 aromatic rings. The topological polar surface area (TPSA) is 88.5 Å². The fourth-order valence-corrected chi connectivity index (χ4v) is 2.24. The van der Waals surface area contributed by atoms with Crippen molar-refractivity contribution in [2.24, 2.45) is 0 Å². The molecule has 0 aliphatic carbocycles. The molecule has 94 valence electrons. The van der Waals surface area contributed by atoms with Crippen LogP contribution in [0.1, 0.15) is 14.3 Å². The predicted octanol–water partition coefficient (Wildman–Crippen LogP) is -2.29. The van der Waals surface area contributed by atoms with Gasteiger partial charge in [0.05, 0.1) is 11.5 Å². The van der Waals surface area contributed by atoms with Crippen molar-refractivity contribution in [3.63, 3.8) is 0 Å². The summed E-state index contributed by atoms with van der Waals surface area (Å²) in [6, 6.07) is 0. The van der Waals surface area contributed by atoms with Crippen LogP contribution in [0, 0.1) is 0 Å². The summed E-state index contributed by atoms with van der Waals surface area (Å²) in [5, 5.41) is 0. The van der Waals surface area contributed by atoms with Gasteiger partial charge in [-0.1, -0.05) is 0 Å². The Labute approximate surface area is 105 Å². The summed E-state index contributed by atoms with van der Waals surface area (Å²) < 4.78 is 78.4. The second-order valence-corrected chi connectivity index (χ2v) is 6.50. The van der Waals surface area contributed by atoms with Gasteiger partial charge in [-0.25, -0.2) is 8.42 Å². The first-order valence-corrected chi connectivity index (χ1v) is 6.96. The minimum Gasteiger partial charge on any atom is -1.00 e. The molecule has 1 rings (SSSR count). The van der Waals surface area contributed by atoms with Gasteiger partial charge in [0.25, 0.3) is 0 Å². The van der Waals surface area contributed by atoms with Crippen LogP contribution in [-0.2, 0) is 20.0 Å². The van der Waals surface area contributed by atoms with Crippen LogP contribution >= 0.6 is 0 Å². The Morgan fingerprint density at radius 1 is 1.12 bits per heavy atom. The van der Waals surface area contributed by atoms with E-state index in [2.05, 4.69) is 0 Å². The predicted molar refractivity (Wildman–Crippen MR) is 46.6 cm³/mol. The van der Waals surface area contributed by atoms with Gasteiger partial charge < -0.3 is 1.43 Å². The molecule has 1 aliphatic rings.